The summed E-state index contributed by atoms with van der Waals surface area (Å²) in [6, 6.07) is 53.9. The lowest BCUT2D eigenvalue weighted by Gasteiger charge is -2.34. The van der Waals surface area contributed by atoms with E-state index in [1.54, 1.807) is 0 Å². The van der Waals surface area contributed by atoms with Crippen molar-refractivity contribution in [3.05, 3.63) is 179 Å². The summed E-state index contributed by atoms with van der Waals surface area (Å²) in [6.07, 6.45) is 0. The van der Waals surface area contributed by atoms with Crippen molar-refractivity contribution in [3.8, 4) is 44.9 Å². The molecule has 0 radical (unpaired) electrons. The normalized spacial score (nSPS) is 17.6. The van der Waals surface area contributed by atoms with Gasteiger partial charge in [-0.1, -0.05) is 147 Å². The lowest BCUT2D eigenvalue weighted by molar-refractivity contribution is 0.418. The average Bonchev–Trinajstić information content (AvgIpc) is 3.56. The maximum Gasteiger partial charge on any atom is 0.132 e. The Kier molecular flexibility index (Phi) is 4.78. The Hall–Kier alpha value is -5.40. The van der Waals surface area contributed by atoms with Crippen molar-refractivity contribution in [3.63, 3.8) is 0 Å². The van der Waals surface area contributed by atoms with E-state index in [9.17, 15) is 0 Å². The molecule has 1 atom stereocenters. The summed E-state index contributed by atoms with van der Waals surface area (Å²) >= 11 is 0. The molecule has 0 saturated heterocycles. The van der Waals surface area contributed by atoms with Gasteiger partial charge in [-0.2, -0.15) is 0 Å². The fourth-order valence-electron chi connectivity index (χ4n) is 8.83. The maximum absolute atomic E-state index is 6.60. The van der Waals surface area contributed by atoms with Gasteiger partial charge in [0, 0.05) is 16.5 Å². The zero-order valence-electron chi connectivity index (χ0n) is 25.3. The highest BCUT2D eigenvalue weighted by atomic mass is 16.5. The second kappa shape index (κ2) is 8.61. The summed E-state index contributed by atoms with van der Waals surface area (Å²) in [7, 11) is 0. The second-order valence-electron chi connectivity index (χ2n) is 13.2. The van der Waals surface area contributed by atoms with Crippen LogP contribution in [0.25, 0.3) is 44.2 Å². The Labute approximate surface area is 263 Å². The summed E-state index contributed by atoms with van der Waals surface area (Å²) in [5.74, 6) is 1.89. The van der Waals surface area contributed by atoms with Crippen molar-refractivity contribution in [2.45, 2.75) is 24.7 Å². The van der Waals surface area contributed by atoms with Gasteiger partial charge in [-0.3, -0.25) is 0 Å². The van der Waals surface area contributed by atoms with Crippen LogP contribution in [0, 0.1) is 0 Å². The second-order valence-corrected chi connectivity index (χ2v) is 13.2. The van der Waals surface area contributed by atoms with Crippen molar-refractivity contribution in [2.75, 3.05) is 0 Å². The predicted octanol–water partition coefficient (Wildman–Crippen LogP) is 11.3. The minimum absolute atomic E-state index is 0.143. The molecule has 0 N–H and O–H groups in total. The molecule has 3 aliphatic rings. The van der Waals surface area contributed by atoms with Gasteiger partial charge < -0.3 is 4.74 Å². The first-order valence-electron chi connectivity index (χ1n) is 15.9. The lowest BCUT2D eigenvalue weighted by Crippen LogP contribution is -2.26. The van der Waals surface area contributed by atoms with Crippen molar-refractivity contribution in [2.24, 2.45) is 0 Å². The van der Waals surface area contributed by atoms with E-state index < -0.39 is 5.41 Å². The predicted molar refractivity (Wildman–Crippen MR) is 184 cm³/mol. The molecule has 45 heavy (non-hydrogen) atoms. The van der Waals surface area contributed by atoms with E-state index in [4.69, 9.17) is 4.74 Å². The van der Waals surface area contributed by atoms with Crippen LogP contribution in [0.2, 0.25) is 0 Å². The third kappa shape index (κ3) is 3.03. The van der Waals surface area contributed by atoms with Crippen LogP contribution in [0.15, 0.2) is 146 Å². The molecule has 7 aromatic rings. The minimum atomic E-state index is -0.402. The first-order valence-corrected chi connectivity index (χ1v) is 15.9. The molecule has 2 aliphatic carbocycles. The van der Waals surface area contributed by atoms with Gasteiger partial charge in [0.2, 0.25) is 0 Å². The molecule has 7 aromatic carbocycles. The van der Waals surface area contributed by atoms with Gasteiger partial charge in [0.15, 0.2) is 0 Å². The van der Waals surface area contributed by atoms with Gasteiger partial charge in [-0.25, -0.2) is 0 Å². The van der Waals surface area contributed by atoms with Gasteiger partial charge in [0.1, 0.15) is 11.5 Å². The maximum atomic E-state index is 6.60. The van der Waals surface area contributed by atoms with Crippen molar-refractivity contribution in [1.29, 1.82) is 0 Å². The van der Waals surface area contributed by atoms with E-state index in [2.05, 4.69) is 159 Å². The fourth-order valence-corrected chi connectivity index (χ4v) is 8.83. The van der Waals surface area contributed by atoms with E-state index in [0.717, 1.165) is 11.5 Å². The summed E-state index contributed by atoms with van der Waals surface area (Å²) in [6.45, 7) is 4.60. The third-order valence-corrected chi connectivity index (χ3v) is 10.7. The van der Waals surface area contributed by atoms with Crippen LogP contribution in [-0.4, -0.2) is 0 Å². The van der Waals surface area contributed by atoms with Crippen LogP contribution in [0.4, 0.5) is 0 Å². The molecule has 1 heterocycles. The van der Waals surface area contributed by atoms with Gasteiger partial charge >= 0.3 is 0 Å². The minimum Gasteiger partial charge on any atom is -0.457 e. The molecular formula is C44H30O. The first-order chi connectivity index (χ1) is 22.1. The molecule has 212 valence electrons. The number of hydrogen-bond acceptors (Lipinski definition) is 1. The summed E-state index contributed by atoms with van der Waals surface area (Å²) in [5, 5.41) is 2.60. The largest absolute Gasteiger partial charge is 0.457 e. The average molecular weight is 575 g/mol. The highest BCUT2D eigenvalue weighted by molar-refractivity contribution is 6.05. The molecule has 1 unspecified atom stereocenters. The number of para-hydroxylation sites is 1. The van der Waals surface area contributed by atoms with Crippen molar-refractivity contribution >= 4 is 10.8 Å². The summed E-state index contributed by atoms with van der Waals surface area (Å²) in [4.78, 5) is 0. The standard InChI is InChI=1S/C44H30O/c1-43(2)36-19-9-10-21-39(36)45-40-26-28(23-25-37(40)43)29-16-11-20-38-41(29)33-15-6-8-18-35(33)44(38)34-17-7-5-14-31(34)32-24-22-27-12-3-4-13-30(27)42(32)44/h3-26H,1-2H3. The molecule has 0 bridgehead atoms. The molecule has 1 heteroatoms. The Morgan fingerprint density at radius 1 is 0.444 bits per heavy atom. The van der Waals surface area contributed by atoms with Crippen LogP contribution in [0.5, 0.6) is 11.5 Å². The Morgan fingerprint density at radius 3 is 1.96 bits per heavy atom. The molecule has 0 amide bonds. The zero-order chi connectivity index (χ0) is 29.9. The van der Waals surface area contributed by atoms with Gasteiger partial charge in [-0.05, 0) is 78.5 Å². The van der Waals surface area contributed by atoms with E-state index in [1.807, 2.05) is 0 Å². The number of benzene rings is 7. The number of hydrogen-bond donors (Lipinski definition) is 0. The highest BCUT2D eigenvalue weighted by Crippen LogP contribution is 2.65. The molecule has 1 nitrogen and oxygen atoms in total. The topological polar surface area (TPSA) is 9.23 Å². The van der Waals surface area contributed by atoms with E-state index in [-0.39, 0.29) is 5.41 Å². The van der Waals surface area contributed by atoms with Crippen molar-refractivity contribution in [1.82, 2.24) is 0 Å². The van der Waals surface area contributed by atoms with Gasteiger partial charge in [0.25, 0.3) is 0 Å². The van der Waals surface area contributed by atoms with Crippen LogP contribution < -0.4 is 4.74 Å². The fraction of sp³-hybridized carbons (Fsp3) is 0.0909. The molecule has 10 rings (SSSR count). The molecular weight excluding hydrogens is 544 g/mol. The molecule has 0 saturated carbocycles. The third-order valence-electron chi connectivity index (χ3n) is 10.7. The monoisotopic (exact) mass is 574 g/mol. The van der Waals surface area contributed by atoms with Crippen LogP contribution in [0.3, 0.4) is 0 Å². The van der Waals surface area contributed by atoms with Gasteiger partial charge in [-0.15, -0.1) is 0 Å². The Bertz CT molecular complexity index is 2390. The highest BCUT2D eigenvalue weighted by Gasteiger charge is 2.52. The summed E-state index contributed by atoms with van der Waals surface area (Å²) < 4.78 is 6.60. The molecule has 0 fully saturated rings. The lowest BCUT2D eigenvalue weighted by atomic mass is 9.69. The quantitative estimate of drug-likeness (QED) is 0.189. The SMILES string of the molecule is CC1(C)c2ccccc2Oc2cc(-c3cccc4c3-c3ccccc3C43c4ccccc4-c4ccc5ccccc5c43)ccc21. The smallest absolute Gasteiger partial charge is 0.132 e. The van der Waals surface area contributed by atoms with E-state index in [0.29, 0.717) is 0 Å². The number of fused-ring (bicyclic) bond motifs is 14. The number of ether oxygens (including phenoxy) is 1. The Morgan fingerprint density at radius 2 is 1.09 bits per heavy atom. The van der Waals surface area contributed by atoms with Crippen molar-refractivity contribution < 1.29 is 4.74 Å². The van der Waals surface area contributed by atoms with Crippen LogP contribution in [-0.2, 0) is 10.8 Å². The van der Waals surface area contributed by atoms with Gasteiger partial charge in [0.05, 0.1) is 5.41 Å². The van der Waals surface area contributed by atoms with Crippen LogP contribution >= 0.6 is 0 Å². The molecule has 1 aliphatic heterocycles. The van der Waals surface area contributed by atoms with E-state index >= 15 is 0 Å². The first kappa shape index (κ1) is 25.0. The molecule has 0 aromatic heterocycles. The number of rotatable bonds is 1. The summed E-state index contributed by atoms with van der Waals surface area (Å²) in [5.41, 5.74) is 15.1. The van der Waals surface area contributed by atoms with E-state index in [1.165, 1.54) is 77.5 Å². The Balaban J connectivity index is 1.28. The molecule has 1 spiro atoms. The zero-order valence-corrected chi connectivity index (χ0v) is 25.3. The van der Waals surface area contributed by atoms with Crippen LogP contribution in [0.1, 0.15) is 47.2 Å².